The number of benzene rings is 1. The summed E-state index contributed by atoms with van der Waals surface area (Å²) in [7, 11) is 3.66. The van der Waals surface area contributed by atoms with Crippen LogP contribution in [-0.2, 0) is 22.6 Å². The van der Waals surface area contributed by atoms with Gasteiger partial charge in [0.1, 0.15) is 22.8 Å². The molecule has 194 valence electrons. The molecule has 10 nitrogen and oxygen atoms in total. The van der Waals surface area contributed by atoms with Gasteiger partial charge in [-0.15, -0.1) is 0 Å². The molecule has 0 saturated heterocycles. The smallest absolute Gasteiger partial charge is 0.255 e. The number of aromatic hydroxyl groups is 1. The fraction of sp³-hybridized carbons (Fsp3) is 0.500. The normalized spacial score (nSPS) is 25.6. The fourth-order valence-electron chi connectivity index (χ4n) is 5.75. The summed E-state index contributed by atoms with van der Waals surface area (Å²) in [5.74, 6) is -5.85. The Morgan fingerprint density at radius 3 is 2.47 bits per heavy atom. The minimum absolute atomic E-state index is 0.0270. The van der Waals surface area contributed by atoms with Gasteiger partial charge in [-0.1, -0.05) is 13.8 Å². The van der Waals surface area contributed by atoms with E-state index in [2.05, 4.69) is 19.2 Å². The van der Waals surface area contributed by atoms with Crippen LogP contribution in [0.3, 0.4) is 0 Å². The number of hydrogen-bond donors (Lipinski definition) is 6. The third kappa shape index (κ3) is 3.75. The number of Topliss-reactive ketones (excluding diaryl/α,β-unsaturated/α-hetero) is 2. The van der Waals surface area contributed by atoms with Gasteiger partial charge in [-0.2, -0.15) is 0 Å². The molecule has 0 aromatic heterocycles. The van der Waals surface area contributed by atoms with E-state index in [9.17, 15) is 34.8 Å². The summed E-state index contributed by atoms with van der Waals surface area (Å²) >= 11 is 0. The zero-order valence-corrected chi connectivity index (χ0v) is 20.9. The summed E-state index contributed by atoms with van der Waals surface area (Å²) in [4.78, 5) is 40.5. The second kappa shape index (κ2) is 8.94. The molecular formula is C26H33N3O7. The lowest BCUT2D eigenvalue weighted by Crippen LogP contribution is -2.57. The van der Waals surface area contributed by atoms with Crippen LogP contribution in [0.1, 0.15) is 48.2 Å². The topological polar surface area (TPSA) is 173 Å². The number of phenols is 1. The maximum atomic E-state index is 13.8. The van der Waals surface area contributed by atoms with Crippen molar-refractivity contribution in [3.63, 3.8) is 0 Å². The van der Waals surface area contributed by atoms with E-state index in [1.54, 1.807) is 0 Å². The molecule has 1 unspecified atom stereocenters. The highest BCUT2D eigenvalue weighted by Gasteiger charge is 2.59. The number of amides is 1. The standard InChI is InChI=1S/C26H33N3O7/c1-11(2)9-28-10-13-7-16(29(3)4)15-6-12-5-14-8-17(30)20(25(27)35)24(34)26(14,36)23(33)18(12)22(32)19(15)21(13)31/h7,11-12,14,28,30-31,33,36H,5-6,8-10H2,1-4H3,(H2,27,35)/t12?,14-,26-/m0/s1. The predicted octanol–water partition coefficient (Wildman–Crippen LogP) is 1.39. The van der Waals surface area contributed by atoms with Crippen LogP contribution in [0.15, 0.2) is 28.7 Å². The zero-order chi connectivity index (χ0) is 26.7. The number of rotatable bonds is 6. The van der Waals surface area contributed by atoms with Crippen molar-refractivity contribution in [2.45, 2.75) is 45.3 Å². The van der Waals surface area contributed by atoms with Crippen LogP contribution in [0.4, 0.5) is 5.69 Å². The maximum Gasteiger partial charge on any atom is 0.255 e. The first-order chi connectivity index (χ1) is 16.8. The molecule has 0 aliphatic heterocycles. The molecule has 1 amide bonds. The number of primary amides is 1. The molecule has 0 fully saturated rings. The molecule has 0 spiro atoms. The Morgan fingerprint density at radius 2 is 1.89 bits per heavy atom. The molecular weight excluding hydrogens is 466 g/mol. The first-order valence-corrected chi connectivity index (χ1v) is 12.0. The van der Waals surface area contributed by atoms with Crippen molar-refractivity contribution in [3.8, 4) is 5.75 Å². The highest BCUT2D eigenvalue weighted by atomic mass is 16.3. The lowest BCUT2D eigenvalue weighted by molar-refractivity contribution is -0.144. The number of ketones is 2. The Hall–Kier alpha value is -3.37. The van der Waals surface area contributed by atoms with Crippen molar-refractivity contribution in [2.75, 3.05) is 25.5 Å². The molecule has 3 aliphatic rings. The van der Waals surface area contributed by atoms with Gasteiger partial charge in [-0.3, -0.25) is 14.4 Å². The van der Waals surface area contributed by atoms with Gasteiger partial charge in [0.05, 0.1) is 5.56 Å². The second-order valence-corrected chi connectivity index (χ2v) is 10.6. The fourth-order valence-corrected chi connectivity index (χ4v) is 5.75. The van der Waals surface area contributed by atoms with Gasteiger partial charge in [0.15, 0.2) is 11.4 Å². The molecule has 4 rings (SSSR count). The number of aliphatic hydroxyl groups is 3. The summed E-state index contributed by atoms with van der Waals surface area (Å²) in [6.45, 7) is 5.12. The summed E-state index contributed by atoms with van der Waals surface area (Å²) in [5.41, 5.74) is 3.63. The number of nitrogens with zero attached hydrogens (tertiary/aromatic N) is 1. The molecule has 36 heavy (non-hydrogen) atoms. The van der Waals surface area contributed by atoms with Crippen molar-refractivity contribution in [2.24, 2.45) is 23.5 Å². The van der Waals surface area contributed by atoms with E-state index in [4.69, 9.17) is 5.73 Å². The zero-order valence-electron chi connectivity index (χ0n) is 20.9. The molecule has 7 N–H and O–H groups in total. The van der Waals surface area contributed by atoms with Crippen molar-refractivity contribution < 1.29 is 34.8 Å². The SMILES string of the molecule is CC(C)CNCc1cc(N(C)C)c2c(c1O)C(=O)C1=C(O)[C@]3(O)C(=O)C(C(N)=O)=C(O)C[C@@H]3CC1C2. The van der Waals surface area contributed by atoms with E-state index in [1.165, 1.54) is 0 Å². The van der Waals surface area contributed by atoms with Crippen molar-refractivity contribution in [1.29, 1.82) is 0 Å². The van der Waals surface area contributed by atoms with Crippen molar-refractivity contribution in [3.05, 3.63) is 45.4 Å². The number of hydrogen-bond acceptors (Lipinski definition) is 9. The van der Waals surface area contributed by atoms with Gasteiger partial charge in [0.25, 0.3) is 5.91 Å². The van der Waals surface area contributed by atoms with Gasteiger partial charge in [-0.05, 0) is 42.9 Å². The molecule has 1 aromatic carbocycles. The van der Waals surface area contributed by atoms with E-state index in [1.807, 2.05) is 25.1 Å². The van der Waals surface area contributed by atoms with Crippen LogP contribution < -0.4 is 16.0 Å². The number of allylic oxidation sites excluding steroid dienone is 2. The van der Waals surface area contributed by atoms with Gasteiger partial charge < -0.3 is 36.4 Å². The van der Waals surface area contributed by atoms with Crippen LogP contribution in [0, 0.1) is 17.8 Å². The Balaban J connectivity index is 1.86. The maximum absolute atomic E-state index is 13.8. The minimum atomic E-state index is -2.56. The third-order valence-corrected chi connectivity index (χ3v) is 7.47. The minimum Gasteiger partial charge on any atom is -0.511 e. The first kappa shape index (κ1) is 25.7. The molecule has 1 aromatic rings. The number of carbonyl (C=O) groups excluding carboxylic acids is 3. The number of fused-ring (bicyclic) bond motifs is 3. The second-order valence-electron chi connectivity index (χ2n) is 10.6. The Morgan fingerprint density at radius 1 is 1.22 bits per heavy atom. The molecule has 0 heterocycles. The third-order valence-electron chi connectivity index (χ3n) is 7.47. The lowest BCUT2D eigenvalue weighted by atomic mass is 9.60. The molecule has 0 saturated carbocycles. The summed E-state index contributed by atoms with van der Waals surface area (Å²) in [6.07, 6.45) is 0.130. The number of anilines is 1. The largest absolute Gasteiger partial charge is 0.511 e. The van der Waals surface area contributed by atoms with Crippen LogP contribution in [0.5, 0.6) is 5.75 Å². The predicted molar refractivity (Wildman–Crippen MR) is 132 cm³/mol. The van der Waals surface area contributed by atoms with Crippen LogP contribution in [-0.4, -0.2) is 64.1 Å². The lowest BCUT2D eigenvalue weighted by Gasteiger charge is -2.46. The van der Waals surface area contributed by atoms with E-state index >= 15 is 0 Å². The first-order valence-electron chi connectivity index (χ1n) is 12.0. The van der Waals surface area contributed by atoms with E-state index in [0.29, 0.717) is 30.1 Å². The number of aliphatic hydroxyl groups excluding tert-OH is 2. The van der Waals surface area contributed by atoms with Gasteiger partial charge >= 0.3 is 0 Å². The highest BCUT2D eigenvalue weighted by Crippen LogP contribution is 2.52. The summed E-state index contributed by atoms with van der Waals surface area (Å²) in [5, 5.41) is 47.2. The Labute approximate surface area is 209 Å². The molecule has 0 radical (unpaired) electrons. The average Bonchev–Trinajstić information content (AvgIpc) is 2.77. The van der Waals surface area contributed by atoms with Crippen LogP contribution in [0.25, 0.3) is 0 Å². The van der Waals surface area contributed by atoms with Crippen molar-refractivity contribution in [1.82, 2.24) is 5.32 Å². The Kier molecular flexibility index (Phi) is 6.38. The van der Waals surface area contributed by atoms with Crippen molar-refractivity contribution >= 4 is 23.2 Å². The summed E-state index contributed by atoms with van der Waals surface area (Å²) < 4.78 is 0. The number of carbonyl (C=O) groups is 3. The monoisotopic (exact) mass is 499 g/mol. The molecule has 3 aliphatic carbocycles. The van der Waals surface area contributed by atoms with E-state index in [0.717, 1.165) is 5.69 Å². The van der Waals surface area contributed by atoms with Crippen LogP contribution >= 0.6 is 0 Å². The molecule has 0 bridgehead atoms. The Bertz CT molecular complexity index is 1230. The summed E-state index contributed by atoms with van der Waals surface area (Å²) in [6, 6.07) is 1.83. The average molecular weight is 500 g/mol. The molecule has 3 atom stereocenters. The number of nitrogens with one attached hydrogen (secondary N) is 1. The number of phenolic OH excluding ortho intramolecular Hbond substituents is 1. The van der Waals surface area contributed by atoms with E-state index in [-0.39, 0.29) is 36.1 Å². The highest BCUT2D eigenvalue weighted by molar-refractivity contribution is 6.24. The van der Waals surface area contributed by atoms with Gasteiger partial charge in [-0.25, -0.2) is 0 Å². The van der Waals surface area contributed by atoms with Crippen LogP contribution in [0.2, 0.25) is 0 Å². The quantitative estimate of drug-likeness (QED) is 0.316. The van der Waals surface area contributed by atoms with Gasteiger partial charge in [0.2, 0.25) is 5.78 Å². The number of nitrogens with two attached hydrogens (primary N) is 1. The van der Waals surface area contributed by atoms with E-state index < -0.39 is 52.0 Å². The molecule has 10 heteroatoms. The van der Waals surface area contributed by atoms with Gasteiger partial charge in [0, 0.05) is 49.8 Å².